The van der Waals surface area contributed by atoms with Crippen molar-refractivity contribution in [1.82, 2.24) is 0 Å². The van der Waals surface area contributed by atoms with Gasteiger partial charge in [0.05, 0.1) is 12.7 Å². The van der Waals surface area contributed by atoms with Crippen molar-refractivity contribution in [1.29, 1.82) is 5.26 Å². The lowest BCUT2D eigenvalue weighted by Gasteiger charge is -2.15. The summed E-state index contributed by atoms with van der Waals surface area (Å²) in [7, 11) is 0. The van der Waals surface area contributed by atoms with Crippen molar-refractivity contribution in [2.24, 2.45) is 5.73 Å². The average molecular weight is 190 g/mol. The summed E-state index contributed by atoms with van der Waals surface area (Å²) in [6, 6.07) is 9.31. The fourth-order valence-electron chi connectivity index (χ4n) is 1.13. The minimum absolute atomic E-state index is 0.636. The molecule has 14 heavy (non-hydrogen) atoms. The molecule has 2 N–H and O–H groups in total. The van der Waals surface area contributed by atoms with E-state index in [0.717, 1.165) is 11.3 Å². The summed E-state index contributed by atoms with van der Waals surface area (Å²) in [5.41, 5.74) is 5.63. The summed E-state index contributed by atoms with van der Waals surface area (Å²) >= 11 is 0. The SMILES string of the molecule is CCOc1ccc([C@](C)(N)C#N)cc1. The second-order valence-corrected chi connectivity index (χ2v) is 3.27. The van der Waals surface area contributed by atoms with Crippen LogP contribution in [-0.4, -0.2) is 6.61 Å². The molecule has 0 aliphatic heterocycles. The fraction of sp³-hybridized carbons (Fsp3) is 0.364. The molecule has 3 heteroatoms. The molecule has 3 nitrogen and oxygen atoms in total. The number of nitrogens with zero attached hydrogens (tertiary/aromatic N) is 1. The number of rotatable bonds is 3. The van der Waals surface area contributed by atoms with Gasteiger partial charge >= 0.3 is 0 Å². The zero-order valence-corrected chi connectivity index (χ0v) is 8.45. The van der Waals surface area contributed by atoms with Crippen LogP contribution >= 0.6 is 0 Å². The van der Waals surface area contributed by atoms with Crippen LogP contribution in [0.4, 0.5) is 0 Å². The number of ether oxygens (including phenoxy) is 1. The van der Waals surface area contributed by atoms with Crippen molar-refractivity contribution in [2.45, 2.75) is 19.4 Å². The highest BCUT2D eigenvalue weighted by molar-refractivity contribution is 5.34. The predicted molar refractivity (Wildman–Crippen MR) is 54.8 cm³/mol. The van der Waals surface area contributed by atoms with Crippen molar-refractivity contribution in [2.75, 3.05) is 6.61 Å². The minimum Gasteiger partial charge on any atom is -0.494 e. The Morgan fingerprint density at radius 2 is 2.00 bits per heavy atom. The van der Waals surface area contributed by atoms with Gasteiger partial charge in [0.15, 0.2) is 0 Å². The second kappa shape index (κ2) is 4.12. The molecule has 0 saturated heterocycles. The molecular weight excluding hydrogens is 176 g/mol. The fourth-order valence-corrected chi connectivity index (χ4v) is 1.13. The van der Waals surface area contributed by atoms with Gasteiger partial charge in [0, 0.05) is 0 Å². The molecule has 74 valence electrons. The lowest BCUT2D eigenvalue weighted by molar-refractivity contribution is 0.340. The van der Waals surface area contributed by atoms with E-state index in [2.05, 4.69) is 0 Å². The van der Waals surface area contributed by atoms with Gasteiger partial charge in [-0.3, -0.25) is 0 Å². The zero-order valence-electron chi connectivity index (χ0n) is 8.45. The highest BCUT2D eigenvalue weighted by Gasteiger charge is 2.19. The molecule has 0 aliphatic rings. The van der Waals surface area contributed by atoms with Gasteiger partial charge in [-0.2, -0.15) is 5.26 Å². The quantitative estimate of drug-likeness (QED) is 0.790. The van der Waals surface area contributed by atoms with E-state index in [4.69, 9.17) is 15.7 Å². The monoisotopic (exact) mass is 190 g/mol. The Kier molecular flexibility index (Phi) is 3.10. The molecule has 1 atom stereocenters. The molecule has 0 unspecified atom stereocenters. The van der Waals surface area contributed by atoms with Crippen LogP contribution < -0.4 is 10.5 Å². The zero-order chi connectivity index (χ0) is 10.6. The summed E-state index contributed by atoms with van der Waals surface area (Å²) < 4.78 is 5.28. The van der Waals surface area contributed by atoms with Gasteiger partial charge in [-0.1, -0.05) is 12.1 Å². The Labute approximate surface area is 84.1 Å². The van der Waals surface area contributed by atoms with E-state index >= 15 is 0 Å². The molecule has 0 radical (unpaired) electrons. The maximum absolute atomic E-state index is 8.81. The molecule has 0 aromatic heterocycles. The smallest absolute Gasteiger partial charge is 0.126 e. The standard InChI is InChI=1S/C11H14N2O/c1-3-14-10-6-4-9(5-7-10)11(2,13)8-12/h4-7H,3,13H2,1-2H3/t11-/m1/s1. The average Bonchev–Trinajstić information content (AvgIpc) is 2.19. The first kappa shape index (κ1) is 10.6. The molecular formula is C11H14N2O. The van der Waals surface area contributed by atoms with Gasteiger partial charge < -0.3 is 10.5 Å². The molecule has 1 aromatic carbocycles. The van der Waals surface area contributed by atoms with Crippen molar-refractivity contribution < 1.29 is 4.74 Å². The van der Waals surface area contributed by atoms with Crippen LogP contribution in [0.5, 0.6) is 5.75 Å². The largest absolute Gasteiger partial charge is 0.494 e. The molecule has 0 saturated carbocycles. The third-order valence-electron chi connectivity index (χ3n) is 2.00. The van der Waals surface area contributed by atoms with E-state index in [0.29, 0.717) is 6.61 Å². The molecule has 1 aromatic rings. The van der Waals surface area contributed by atoms with Crippen LogP contribution in [0.3, 0.4) is 0 Å². The maximum Gasteiger partial charge on any atom is 0.126 e. The first-order valence-corrected chi connectivity index (χ1v) is 4.53. The van der Waals surface area contributed by atoms with Gasteiger partial charge in [0.2, 0.25) is 0 Å². The van der Waals surface area contributed by atoms with E-state index in [1.54, 1.807) is 6.92 Å². The Morgan fingerprint density at radius 3 is 2.43 bits per heavy atom. The van der Waals surface area contributed by atoms with Crippen molar-refractivity contribution in [3.8, 4) is 11.8 Å². The van der Waals surface area contributed by atoms with Gasteiger partial charge in [-0.05, 0) is 31.5 Å². The molecule has 0 aliphatic carbocycles. The molecule has 0 spiro atoms. The highest BCUT2D eigenvalue weighted by Crippen LogP contribution is 2.20. The highest BCUT2D eigenvalue weighted by atomic mass is 16.5. The Balaban J connectivity index is 2.90. The van der Waals surface area contributed by atoms with E-state index in [1.165, 1.54) is 0 Å². The summed E-state index contributed by atoms with van der Waals surface area (Å²) in [4.78, 5) is 0. The summed E-state index contributed by atoms with van der Waals surface area (Å²) in [5.74, 6) is 0.796. The van der Waals surface area contributed by atoms with Crippen molar-refractivity contribution in [3.05, 3.63) is 29.8 Å². The van der Waals surface area contributed by atoms with E-state index in [1.807, 2.05) is 37.3 Å². The summed E-state index contributed by atoms with van der Waals surface area (Å²) in [5, 5.41) is 8.81. The van der Waals surface area contributed by atoms with Gasteiger partial charge in [0.1, 0.15) is 11.3 Å². The third-order valence-corrected chi connectivity index (χ3v) is 2.00. The molecule has 0 fully saturated rings. The molecule has 0 amide bonds. The van der Waals surface area contributed by atoms with E-state index in [9.17, 15) is 0 Å². The van der Waals surface area contributed by atoms with Crippen LogP contribution in [0.25, 0.3) is 0 Å². The van der Waals surface area contributed by atoms with Gasteiger partial charge in [0.25, 0.3) is 0 Å². The topological polar surface area (TPSA) is 59.0 Å². The van der Waals surface area contributed by atoms with E-state index < -0.39 is 5.54 Å². The van der Waals surface area contributed by atoms with Gasteiger partial charge in [-0.25, -0.2) is 0 Å². The van der Waals surface area contributed by atoms with Crippen molar-refractivity contribution >= 4 is 0 Å². The number of nitriles is 1. The van der Waals surface area contributed by atoms with Crippen LogP contribution in [-0.2, 0) is 5.54 Å². The minimum atomic E-state index is -0.926. The summed E-state index contributed by atoms with van der Waals surface area (Å²) in [6.07, 6.45) is 0. The number of hydrogen-bond donors (Lipinski definition) is 1. The maximum atomic E-state index is 8.81. The number of nitrogens with two attached hydrogens (primary N) is 1. The molecule has 0 heterocycles. The predicted octanol–water partition coefficient (Wildman–Crippen LogP) is 1.78. The molecule has 1 rings (SSSR count). The Hall–Kier alpha value is -1.53. The third kappa shape index (κ3) is 2.24. The normalized spacial score (nSPS) is 14.1. The van der Waals surface area contributed by atoms with Crippen LogP contribution in [0.15, 0.2) is 24.3 Å². The van der Waals surface area contributed by atoms with E-state index in [-0.39, 0.29) is 0 Å². The lowest BCUT2D eigenvalue weighted by atomic mass is 9.95. The number of hydrogen-bond acceptors (Lipinski definition) is 3. The Bertz CT molecular complexity index is 335. The van der Waals surface area contributed by atoms with Gasteiger partial charge in [-0.15, -0.1) is 0 Å². The van der Waals surface area contributed by atoms with Crippen molar-refractivity contribution in [3.63, 3.8) is 0 Å². The van der Waals surface area contributed by atoms with Crippen LogP contribution in [0.1, 0.15) is 19.4 Å². The second-order valence-electron chi connectivity index (χ2n) is 3.27. The lowest BCUT2D eigenvalue weighted by Crippen LogP contribution is -2.30. The van der Waals surface area contributed by atoms with Crippen LogP contribution in [0, 0.1) is 11.3 Å². The molecule has 0 bridgehead atoms. The first-order chi connectivity index (χ1) is 6.60. The summed E-state index contributed by atoms with van der Waals surface area (Å²) in [6.45, 7) is 4.25. The number of benzene rings is 1. The first-order valence-electron chi connectivity index (χ1n) is 4.53. The Morgan fingerprint density at radius 1 is 1.43 bits per heavy atom. The van der Waals surface area contributed by atoms with Crippen LogP contribution in [0.2, 0.25) is 0 Å².